The Morgan fingerprint density at radius 1 is 1.19 bits per heavy atom. The van der Waals surface area contributed by atoms with E-state index < -0.39 is 0 Å². The number of rotatable bonds is 4. The van der Waals surface area contributed by atoms with E-state index >= 15 is 0 Å². The Labute approximate surface area is 182 Å². The fourth-order valence-corrected chi connectivity index (χ4v) is 4.98. The molecule has 1 aromatic carbocycles. The van der Waals surface area contributed by atoms with E-state index in [9.17, 15) is 0 Å². The van der Waals surface area contributed by atoms with Crippen molar-refractivity contribution in [3.63, 3.8) is 0 Å². The van der Waals surface area contributed by atoms with Gasteiger partial charge in [-0.2, -0.15) is 0 Å². The Hall–Kier alpha value is -2.64. The van der Waals surface area contributed by atoms with E-state index in [-0.39, 0.29) is 18.2 Å². The molecule has 4 heterocycles. The van der Waals surface area contributed by atoms with Crippen LogP contribution in [0.3, 0.4) is 0 Å². The largest absolute Gasteiger partial charge is 0.491 e. The number of aromatic nitrogens is 3. The number of ether oxygens (including phenoxy) is 2. The van der Waals surface area contributed by atoms with Crippen molar-refractivity contribution in [2.24, 2.45) is 0 Å². The number of fused-ring (bicyclic) bond motifs is 2. The van der Waals surface area contributed by atoms with Gasteiger partial charge in [0.05, 0.1) is 30.2 Å². The van der Waals surface area contributed by atoms with Gasteiger partial charge in [0, 0.05) is 24.3 Å². The van der Waals surface area contributed by atoms with Gasteiger partial charge in [-0.05, 0) is 50.3 Å². The van der Waals surface area contributed by atoms with Crippen LogP contribution in [0.4, 0.5) is 5.82 Å². The minimum Gasteiger partial charge on any atom is -0.491 e. The van der Waals surface area contributed by atoms with Gasteiger partial charge in [-0.25, -0.2) is 9.97 Å². The Bertz CT molecular complexity index is 1110. The predicted octanol–water partition coefficient (Wildman–Crippen LogP) is 3.78. The van der Waals surface area contributed by atoms with Crippen LogP contribution in [0.5, 0.6) is 5.75 Å². The molecule has 1 aliphatic carbocycles. The number of aryl methyl sites for hydroxylation is 1. The quantitative estimate of drug-likeness (QED) is 0.670. The summed E-state index contributed by atoms with van der Waals surface area (Å²) in [4.78, 5) is 15.1. The molecular weight excluding hydrogens is 390 g/mol. The lowest BCUT2D eigenvalue weighted by Crippen LogP contribution is -2.54. The average Bonchev–Trinajstić information content (AvgIpc) is 3.52. The van der Waals surface area contributed by atoms with Gasteiger partial charge in [0.1, 0.15) is 30.1 Å². The second-order valence-electron chi connectivity index (χ2n) is 9.20. The van der Waals surface area contributed by atoms with Crippen LogP contribution >= 0.6 is 0 Å². The molecule has 31 heavy (non-hydrogen) atoms. The molecule has 162 valence electrons. The number of nitrogens with one attached hydrogen (secondary N) is 2. The summed E-state index contributed by atoms with van der Waals surface area (Å²) >= 11 is 0. The Balaban J connectivity index is 1.39. The molecule has 3 aliphatic rings. The van der Waals surface area contributed by atoms with Gasteiger partial charge in [0.15, 0.2) is 0 Å². The number of aromatic amines is 1. The van der Waals surface area contributed by atoms with E-state index in [2.05, 4.69) is 63.3 Å². The summed E-state index contributed by atoms with van der Waals surface area (Å²) in [5, 5.41) is 4.87. The smallest absolute Gasteiger partial charge is 0.143 e. The summed E-state index contributed by atoms with van der Waals surface area (Å²) in [5.74, 6) is 2.50. The van der Waals surface area contributed by atoms with Gasteiger partial charge >= 0.3 is 0 Å². The second kappa shape index (κ2) is 7.50. The molecule has 1 saturated heterocycles. The van der Waals surface area contributed by atoms with Gasteiger partial charge in [0.25, 0.3) is 0 Å². The third kappa shape index (κ3) is 3.55. The molecule has 0 radical (unpaired) electrons. The van der Waals surface area contributed by atoms with Gasteiger partial charge in [-0.1, -0.05) is 12.1 Å². The molecule has 2 fully saturated rings. The van der Waals surface area contributed by atoms with Crippen LogP contribution in [-0.2, 0) is 4.74 Å². The van der Waals surface area contributed by atoms with Crippen molar-refractivity contribution >= 4 is 16.9 Å². The van der Waals surface area contributed by atoms with Gasteiger partial charge in [-0.3, -0.25) is 4.90 Å². The zero-order valence-corrected chi connectivity index (χ0v) is 18.1. The highest BCUT2D eigenvalue weighted by Gasteiger charge is 2.37. The van der Waals surface area contributed by atoms with Crippen molar-refractivity contribution in [2.45, 2.75) is 50.8 Å². The number of anilines is 1. The molecule has 1 saturated carbocycles. The first-order chi connectivity index (χ1) is 15.2. The number of hydrogen-bond donors (Lipinski definition) is 2. The highest BCUT2D eigenvalue weighted by molar-refractivity contribution is 5.88. The third-order valence-electron chi connectivity index (χ3n) is 6.80. The Morgan fingerprint density at radius 3 is 2.94 bits per heavy atom. The van der Waals surface area contributed by atoms with E-state index in [0.29, 0.717) is 12.5 Å². The van der Waals surface area contributed by atoms with Crippen LogP contribution in [0.1, 0.15) is 48.5 Å². The molecule has 0 bridgehead atoms. The first-order valence-electron chi connectivity index (χ1n) is 11.3. The van der Waals surface area contributed by atoms with Crippen LogP contribution in [0, 0.1) is 6.92 Å². The van der Waals surface area contributed by atoms with Crippen molar-refractivity contribution in [1.82, 2.24) is 19.9 Å². The van der Waals surface area contributed by atoms with E-state index in [1.54, 1.807) is 6.33 Å². The number of hydrogen-bond acceptors (Lipinski definition) is 6. The summed E-state index contributed by atoms with van der Waals surface area (Å²) in [6.07, 6.45) is 4.39. The topological polar surface area (TPSA) is 75.3 Å². The third-order valence-corrected chi connectivity index (χ3v) is 6.80. The predicted molar refractivity (Wildman–Crippen MR) is 120 cm³/mol. The summed E-state index contributed by atoms with van der Waals surface area (Å²) in [7, 11) is 0. The van der Waals surface area contributed by atoms with Crippen LogP contribution < -0.4 is 10.1 Å². The van der Waals surface area contributed by atoms with E-state index in [4.69, 9.17) is 9.47 Å². The number of morpholine rings is 1. The Kier molecular flexibility index (Phi) is 4.61. The normalized spacial score (nSPS) is 26.5. The second-order valence-corrected chi connectivity index (χ2v) is 9.20. The monoisotopic (exact) mass is 419 g/mol. The molecule has 2 aliphatic heterocycles. The van der Waals surface area contributed by atoms with Crippen molar-refractivity contribution in [3.05, 3.63) is 47.4 Å². The standard InChI is InChI=1S/C24H29N5O2/c1-14-3-6-17-21(9-14)31-12-20(29-7-8-30-15(2)11-29)22(17)28-24-18-10-19(16-4-5-16)27-23(18)25-13-26-24/h3,6,9-10,13,15-16,20,22H,4-5,7-8,11-12H2,1-2H3,(H2,25,26,27,28)/t15-,20-,22-/m1/s1. The molecule has 7 heteroatoms. The van der Waals surface area contributed by atoms with E-state index in [1.807, 2.05) is 0 Å². The number of benzene rings is 1. The van der Waals surface area contributed by atoms with Gasteiger partial charge < -0.3 is 19.8 Å². The minimum atomic E-state index is 0.0759. The maximum absolute atomic E-state index is 6.24. The summed E-state index contributed by atoms with van der Waals surface area (Å²) in [6.45, 7) is 7.47. The fraction of sp³-hybridized carbons (Fsp3) is 0.500. The summed E-state index contributed by atoms with van der Waals surface area (Å²) < 4.78 is 12.0. The van der Waals surface area contributed by atoms with Crippen LogP contribution in [0.25, 0.3) is 11.0 Å². The first-order valence-corrected chi connectivity index (χ1v) is 11.3. The molecule has 3 atom stereocenters. The van der Waals surface area contributed by atoms with Crippen LogP contribution in [0.15, 0.2) is 30.6 Å². The Morgan fingerprint density at radius 2 is 2.10 bits per heavy atom. The maximum atomic E-state index is 6.24. The highest BCUT2D eigenvalue weighted by atomic mass is 16.5. The maximum Gasteiger partial charge on any atom is 0.143 e. The molecule has 7 nitrogen and oxygen atoms in total. The zero-order chi connectivity index (χ0) is 20.9. The molecule has 0 unspecified atom stereocenters. The molecule has 2 N–H and O–H groups in total. The summed E-state index contributed by atoms with van der Waals surface area (Å²) in [6, 6.07) is 9.01. The molecule has 0 amide bonds. The number of H-pyrrole nitrogens is 1. The number of nitrogens with zero attached hydrogens (tertiary/aromatic N) is 3. The minimum absolute atomic E-state index is 0.0759. The van der Waals surface area contributed by atoms with Crippen molar-refractivity contribution in [1.29, 1.82) is 0 Å². The molecule has 2 aromatic heterocycles. The lowest BCUT2D eigenvalue weighted by molar-refractivity contribution is -0.0465. The fourth-order valence-electron chi connectivity index (χ4n) is 4.98. The summed E-state index contributed by atoms with van der Waals surface area (Å²) in [5.41, 5.74) is 4.58. The van der Waals surface area contributed by atoms with E-state index in [1.165, 1.54) is 29.7 Å². The highest BCUT2D eigenvalue weighted by Crippen LogP contribution is 2.42. The van der Waals surface area contributed by atoms with E-state index in [0.717, 1.165) is 42.3 Å². The van der Waals surface area contributed by atoms with Crippen molar-refractivity contribution in [3.8, 4) is 5.75 Å². The van der Waals surface area contributed by atoms with Crippen LogP contribution in [0.2, 0.25) is 0 Å². The van der Waals surface area contributed by atoms with Gasteiger partial charge in [-0.15, -0.1) is 0 Å². The molecule has 3 aromatic rings. The first kappa shape index (κ1) is 19.1. The molecule has 6 rings (SSSR count). The SMILES string of the molecule is Cc1ccc2c(c1)OC[C@@H](N1CCO[C@H](C)C1)[C@@H]2Nc1ncnc2[nH]c(C3CC3)cc12. The van der Waals surface area contributed by atoms with Gasteiger partial charge in [0.2, 0.25) is 0 Å². The lowest BCUT2D eigenvalue weighted by Gasteiger charge is -2.43. The molecule has 0 spiro atoms. The lowest BCUT2D eigenvalue weighted by atomic mass is 9.93. The average molecular weight is 420 g/mol. The van der Waals surface area contributed by atoms with Crippen molar-refractivity contribution in [2.75, 3.05) is 31.6 Å². The van der Waals surface area contributed by atoms with Crippen molar-refractivity contribution < 1.29 is 9.47 Å². The van der Waals surface area contributed by atoms with Crippen LogP contribution in [-0.4, -0.2) is 58.3 Å². The molecular formula is C24H29N5O2. The zero-order valence-electron chi connectivity index (χ0n) is 18.1.